The molecule has 1 rings (SSSR count). The molecule has 0 heterocycles. The molecule has 0 bridgehead atoms. The Morgan fingerprint density at radius 1 is 1.47 bits per heavy atom. The zero-order chi connectivity index (χ0) is 14.6. The summed E-state index contributed by atoms with van der Waals surface area (Å²) in [6.07, 6.45) is -2.25. The fourth-order valence-electron chi connectivity index (χ4n) is 1.62. The lowest BCUT2D eigenvalue weighted by molar-refractivity contribution is -0.189. The van der Waals surface area contributed by atoms with E-state index in [2.05, 4.69) is 4.74 Å². The molecule has 6 heteroatoms. The summed E-state index contributed by atoms with van der Waals surface area (Å²) in [4.78, 5) is 11.1. The molecule has 0 aliphatic rings. The Labute approximate surface area is 109 Å². The molecule has 0 aliphatic carbocycles. The number of carbonyl (C=O) groups excluding carboxylic acids is 1. The Hall–Kier alpha value is -1.69. The summed E-state index contributed by atoms with van der Waals surface area (Å²) >= 11 is 0. The second kappa shape index (κ2) is 5.97. The average molecular weight is 274 g/mol. The second-order valence-electron chi connectivity index (χ2n) is 3.98. The maximum atomic E-state index is 13.6. The van der Waals surface area contributed by atoms with Crippen molar-refractivity contribution in [1.29, 1.82) is 0 Å². The Bertz CT molecular complexity index is 460. The molecule has 4 nitrogen and oxygen atoms in total. The third kappa shape index (κ3) is 3.20. The van der Waals surface area contributed by atoms with Gasteiger partial charge in [0.1, 0.15) is 5.75 Å². The van der Waals surface area contributed by atoms with Gasteiger partial charge in [-0.2, -0.15) is 8.78 Å². The third-order valence-electron chi connectivity index (χ3n) is 2.63. The third-order valence-corrected chi connectivity index (χ3v) is 2.63. The monoisotopic (exact) mass is 274 g/mol. The van der Waals surface area contributed by atoms with E-state index in [1.807, 2.05) is 0 Å². The molecule has 1 N–H and O–H groups in total. The van der Waals surface area contributed by atoms with Gasteiger partial charge in [-0.3, -0.25) is 0 Å². The van der Waals surface area contributed by atoms with E-state index in [-0.39, 0.29) is 12.2 Å². The molecule has 0 saturated heterocycles. The molecule has 1 unspecified atom stereocenters. The molecule has 0 spiro atoms. The molecule has 0 aliphatic heterocycles. The van der Waals surface area contributed by atoms with E-state index in [4.69, 9.17) is 4.74 Å². The van der Waals surface area contributed by atoms with Gasteiger partial charge in [-0.25, -0.2) is 4.79 Å². The van der Waals surface area contributed by atoms with Crippen molar-refractivity contribution < 1.29 is 28.2 Å². The minimum Gasteiger partial charge on any atom is -0.496 e. The van der Waals surface area contributed by atoms with Gasteiger partial charge in [-0.05, 0) is 37.1 Å². The lowest BCUT2D eigenvalue weighted by Gasteiger charge is -2.21. The molecule has 0 saturated carbocycles. The fraction of sp³-hybridized carbons (Fsp3) is 0.462. The van der Waals surface area contributed by atoms with Crippen molar-refractivity contribution in [2.45, 2.75) is 25.9 Å². The van der Waals surface area contributed by atoms with Crippen LogP contribution in [0.2, 0.25) is 0 Å². The van der Waals surface area contributed by atoms with E-state index in [9.17, 15) is 18.7 Å². The first-order chi connectivity index (χ1) is 8.84. The molecular weight excluding hydrogens is 258 g/mol. The number of methoxy groups -OCH3 is 1. The number of aliphatic hydroxyl groups is 1. The molecule has 0 fully saturated rings. The van der Waals surface area contributed by atoms with Gasteiger partial charge in [0.15, 0.2) is 6.10 Å². The van der Waals surface area contributed by atoms with Crippen LogP contribution in [0.5, 0.6) is 5.75 Å². The average Bonchev–Trinajstić information content (AvgIpc) is 2.37. The quantitative estimate of drug-likeness (QED) is 0.837. The number of halogens is 2. The van der Waals surface area contributed by atoms with E-state index in [1.165, 1.54) is 32.2 Å². The highest BCUT2D eigenvalue weighted by molar-refractivity contribution is 5.78. The molecule has 1 atom stereocenters. The van der Waals surface area contributed by atoms with Gasteiger partial charge >= 0.3 is 11.9 Å². The smallest absolute Gasteiger partial charge is 0.380 e. The molecule has 19 heavy (non-hydrogen) atoms. The topological polar surface area (TPSA) is 55.8 Å². The first-order valence-electron chi connectivity index (χ1n) is 5.72. The van der Waals surface area contributed by atoms with E-state index in [1.54, 1.807) is 6.92 Å². The van der Waals surface area contributed by atoms with Gasteiger partial charge in [0.05, 0.1) is 13.7 Å². The van der Waals surface area contributed by atoms with Crippen LogP contribution in [0.15, 0.2) is 18.2 Å². The highest BCUT2D eigenvalue weighted by Crippen LogP contribution is 2.34. The van der Waals surface area contributed by atoms with Crippen molar-refractivity contribution in [1.82, 2.24) is 0 Å². The Balaban J connectivity index is 3.02. The van der Waals surface area contributed by atoms with Crippen LogP contribution in [0, 0.1) is 6.92 Å². The zero-order valence-electron chi connectivity index (χ0n) is 10.9. The number of alkyl halides is 2. The van der Waals surface area contributed by atoms with Crippen molar-refractivity contribution >= 4 is 5.97 Å². The van der Waals surface area contributed by atoms with E-state index in [0.29, 0.717) is 11.3 Å². The summed E-state index contributed by atoms with van der Waals surface area (Å²) in [6.45, 7) is 2.89. The summed E-state index contributed by atoms with van der Waals surface area (Å²) in [5, 5.41) is 9.64. The summed E-state index contributed by atoms with van der Waals surface area (Å²) in [5.74, 6) is -5.22. The van der Waals surface area contributed by atoms with Gasteiger partial charge in [-0.15, -0.1) is 0 Å². The number of rotatable bonds is 5. The number of ether oxygens (including phenoxy) is 2. The SMILES string of the molecule is CCOC(=O)C(F)(F)C(O)c1ccc(OC)c(C)c1. The number of benzene rings is 1. The molecule has 106 valence electrons. The van der Waals surface area contributed by atoms with E-state index in [0.717, 1.165) is 0 Å². The molecule has 0 radical (unpaired) electrons. The Morgan fingerprint density at radius 3 is 2.58 bits per heavy atom. The fourth-order valence-corrected chi connectivity index (χ4v) is 1.62. The highest BCUT2D eigenvalue weighted by atomic mass is 19.3. The minimum absolute atomic E-state index is 0.0728. The first-order valence-corrected chi connectivity index (χ1v) is 5.72. The van der Waals surface area contributed by atoms with Crippen molar-refractivity contribution in [3.05, 3.63) is 29.3 Å². The van der Waals surface area contributed by atoms with Crippen LogP contribution in [-0.2, 0) is 9.53 Å². The minimum atomic E-state index is -3.99. The Kier molecular flexibility index (Phi) is 4.83. The standard InChI is InChI=1S/C13H16F2O4/c1-4-19-12(17)13(14,15)11(16)9-5-6-10(18-3)8(2)7-9/h5-7,11,16H,4H2,1-3H3. The highest BCUT2D eigenvalue weighted by Gasteiger charge is 2.49. The van der Waals surface area contributed by atoms with Gasteiger partial charge < -0.3 is 14.6 Å². The van der Waals surface area contributed by atoms with Crippen molar-refractivity contribution in [2.24, 2.45) is 0 Å². The summed E-state index contributed by atoms with van der Waals surface area (Å²) < 4.78 is 36.5. The maximum absolute atomic E-state index is 13.6. The summed E-state index contributed by atoms with van der Waals surface area (Å²) in [5.41, 5.74) is 0.509. The molecular formula is C13H16F2O4. The number of carbonyl (C=O) groups is 1. The van der Waals surface area contributed by atoms with Crippen molar-refractivity contribution in [3.63, 3.8) is 0 Å². The van der Waals surface area contributed by atoms with Crippen LogP contribution < -0.4 is 4.74 Å². The largest absolute Gasteiger partial charge is 0.496 e. The van der Waals surface area contributed by atoms with Crippen LogP contribution in [-0.4, -0.2) is 30.7 Å². The number of aryl methyl sites for hydroxylation is 1. The normalized spacial score (nSPS) is 12.9. The van der Waals surface area contributed by atoms with Crippen LogP contribution in [0.3, 0.4) is 0 Å². The number of aliphatic hydroxyl groups excluding tert-OH is 1. The molecule has 0 aromatic heterocycles. The van der Waals surface area contributed by atoms with Crippen LogP contribution in [0.1, 0.15) is 24.2 Å². The van der Waals surface area contributed by atoms with Crippen LogP contribution in [0.4, 0.5) is 8.78 Å². The summed E-state index contributed by atoms with van der Waals surface area (Å²) in [7, 11) is 1.45. The molecule has 1 aromatic rings. The number of hydrogen-bond acceptors (Lipinski definition) is 4. The van der Waals surface area contributed by atoms with Gasteiger partial charge in [-0.1, -0.05) is 6.07 Å². The Morgan fingerprint density at radius 2 is 2.11 bits per heavy atom. The van der Waals surface area contributed by atoms with Crippen molar-refractivity contribution in [3.8, 4) is 5.75 Å². The lowest BCUT2D eigenvalue weighted by Crippen LogP contribution is -2.37. The predicted octanol–water partition coefficient (Wildman–Crippen LogP) is 2.24. The van der Waals surface area contributed by atoms with Gasteiger partial charge in [0, 0.05) is 0 Å². The maximum Gasteiger partial charge on any atom is 0.380 e. The van der Waals surface area contributed by atoms with Gasteiger partial charge in [0.25, 0.3) is 0 Å². The van der Waals surface area contributed by atoms with Crippen molar-refractivity contribution in [2.75, 3.05) is 13.7 Å². The van der Waals surface area contributed by atoms with E-state index < -0.39 is 18.0 Å². The molecule has 1 aromatic carbocycles. The summed E-state index contributed by atoms with van der Waals surface area (Å²) in [6, 6.07) is 4.08. The van der Waals surface area contributed by atoms with E-state index >= 15 is 0 Å². The number of hydrogen-bond donors (Lipinski definition) is 1. The predicted molar refractivity (Wildman–Crippen MR) is 64.3 cm³/mol. The van der Waals surface area contributed by atoms with Gasteiger partial charge in [0.2, 0.25) is 0 Å². The van der Waals surface area contributed by atoms with Crippen LogP contribution >= 0.6 is 0 Å². The second-order valence-corrected chi connectivity index (χ2v) is 3.98. The number of esters is 1. The zero-order valence-corrected chi connectivity index (χ0v) is 10.9. The molecule has 0 amide bonds. The lowest BCUT2D eigenvalue weighted by atomic mass is 10.0. The van der Waals surface area contributed by atoms with Crippen LogP contribution in [0.25, 0.3) is 0 Å². The first kappa shape index (κ1) is 15.4.